The fourth-order valence-electron chi connectivity index (χ4n) is 1.72. The fourth-order valence-corrected chi connectivity index (χ4v) is 2.72. The minimum Gasteiger partial charge on any atom is -0.462 e. The fraction of sp³-hybridized carbons (Fsp3) is 0.417. The molecule has 1 fully saturated rings. The van der Waals surface area contributed by atoms with Gasteiger partial charge in [0, 0.05) is 12.6 Å². The molecule has 1 aliphatic carbocycles. The van der Waals surface area contributed by atoms with E-state index in [0.29, 0.717) is 11.8 Å². The number of halogens is 3. The second-order valence-corrected chi connectivity index (χ2v) is 5.50. The zero-order valence-electron chi connectivity index (χ0n) is 9.83. The van der Waals surface area contributed by atoms with Crippen molar-refractivity contribution in [2.45, 2.75) is 31.6 Å². The van der Waals surface area contributed by atoms with Crippen LogP contribution in [0.5, 0.6) is 0 Å². The van der Waals surface area contributed by atoms with Crippen LogP contribution in [0.3, 0.4) is 0 Å². The van der Waals surface area contributed by atoms with E-state index in [2.05, 4.69) is 10.3 Å². The standard InChI is InChI=1S/C12H11F3N2OS/c13-12(14,15)10-9(6-16-7-3-4-7)19-11(17-10)8-2-1-5-18-8/h1-2,5,7,16H,3-4,6H2. The summed E-state index contributed by atoms with van der Waals surface area (Å²) in [6.07, 6.45) is -0.940. The van der Waals surface area contributed by atoms with E-state index in [1.807, 2.05) is 0 Å². The molecule has 7 heteroatoms. The first-order valence-electron chi connectivity index (χ1n) is 5.88. The van der Waals surface area contributed by atoms with E-state index in [4.69, 9.17) is 4.42 Å². The molecule has 2 aromatic rings. The Morgan fingerprint density at radius 1 is 1.42 bits per heavy atom. The van der Waals surface area contributed by atoms with Crippen molar-refractivity contribution >= 4 is 11.3 Å². The van der Waals surface area contributed by atoms with Gasteiger partial charge in [-0.25, -0.2) is 4.98 Å². The minimum absolute atomic E-state index is 0.206. The molecule has 0 aliphatic heterocycles. The van der Waals surface area contributed by atoms with Crippen LogP contribution in [0, 0.1) is 0 Å². The molecule has 0 unspecified atom stereocenters. The Balaban J connectivity index is 1.90. The number of hydrogen-bond acceptors (Lipinski definition) is 4. The predicted octanol–water partition coefficient (Wildman–Crippen LogP) is 3.67. The molecule has 0 spiro atoms. The molecule has 0 saturated heterocycles. The summed E-state index contributed by atoms with van der Waals surface area (Å²) in [5, 5.41) is 3.35. The lowest BCUT2D eigenvalue weighted by Gasteiger charge is -2.06. The van der Waals surface area contributed by atoms with Gasteiger partial charge in [0.15, 0.2) is 16.5 Å². The lowest BCUT2D eigenvalue weighted by Crippen LogP contribution is -2.18. The summed E-state index contributed by atoms with van der Waals surface area (Å²) < 4.78 is 43.9. The van der Waals surface area contributed by atoms with Crippen LogP contribution >= 0.6 is 11.3 Å². The van der Waals surface area contributed by atoms with E-state index in [1.54, 1.807) is 12.1 Å². The number of rotatable bonds is 4. The van der Waals surface area contributed by atoms with Gasteiger partial charge in [0.05, 0.1) is 11.1 Å². The summed E-state index contributed by atoms with van der Waals surface area (Å²) in [5.41, 5.74) is -0.808. The molecule has 0 amide bonds. The number of alkyl halides is 3. The van der Waals surface area contributed by atoms with Crippen LogP contribution in [0.4, 0.5) is 13.2 Å². The molecular formula is C12H11F3N2OS. The van der Waals surface area contributed by atoms with E-state index in [-0.39, 0.29) is 16.4 Å². The van der Waals surface area contributed by atoms with Gasteiger partial charge in [0.25, 0.3) is 0 Å². The average molecular weight is 288 g/mol. The van der Waals surface area contributed by atoms with Gasteiger partial charge in [-0.2, -0.15) is 13.2 Å². The van der Waals surface area contributed by atoms with E-state index >= 15 is 0 Å². The van der Waals surface area contributed by atoms with Crippen LogP contribution in [0.15, 0.2) is 22.8 Å². The van der Waals surface area contributed by atoms with Gasteiger partial charge < -0.3 is 9.73 Å². The van der Waals surface area contributed by atoms with Crippen LogP contribution in [-0.2, 0) is 12.7 Å². The Bertz CT molecular complexity index is 558. The van der Waals surface area contributed by atoms with Gasteiger partial charge in [-0.05, 0) is 25.0 Å². The number of aromatic nitrogens is 1. The number of nitrogens with one attached hydrogen (secondary N) is 1. The zero-order valence-corrected chi connectivity index (χ0v) is 10.6. The van der Waals surface area contributed by atoms with Crippen LogP contribution in [0.2, 0.25) is 0 Å². The third-order valence-electron chi connectivity index (χ3n) is 2.83. The Morgan fingerprint density at radius 2 is 2.21 bits per heavy atom. The number of furan rings is 1. The Kier molecular flexibility index (Phi) is 3.10. The Hall–Kier alpha value is -1.34. The van der Waals surface area contributed by atoms with E-state index < -0.39 is 11.9 Å². The molecule has 102 valence electrons. The van der Waals surface area contributed by atoms with Crippen molar-refractivity contribution < 1.29 is 17.6 Å². The lowest BCUT2D eigenvalue weighted by molar-refractivity contribution is -0.141. The first kappa shape index (κ1) is 12.7. The molecule has 2 heterocycles. The van der Waals surface area contributed by atoms with Gasteiger partial charge in [-0.1, -0.05) is 0 Å². The Labute approximate surface area is 111 Å². The highest BCUT2D eigenvalue weighted by molar-refractivity contribution is 7.15. The summed E-state index contributed by atoms with van der Waals surface area (Å²) in [6, 6.07) is 3.60. The van der Waals surface area contributed by atoms with Gasteiger partial charge in [0.1, 0.15) is 0 Å². The smallest absolute Gasteiger partial charge is 0.434 e. The monoisotopic (exact) mass is 288 g/mol. The first-order chi connectivity index (χ1) is 9.04. The number of nitrogens with zero attached hydrogens (tertiary/aromatic N) is 1. The molecule has 19 heavy (non-hydrogen) atoms. The largest absolute Gasteiger partial charge is 0.462 e. The topological polar surface area (TPSA) is 38.1 Å². The number of thiazole rings is 1. The minimum atomic E-state index is -4.43. The zero-order chi connectivity index (χ0) is 13.5. The van der Waals surface area contributed by atoms with Gasteiger partial charge >= 0.3 is 6.18 Å². The number of hydrogen-bond donors (Lipinski definition) is 1. The summed E-state index contributed by atoms with van der Waals surface area (Å²) in [7, 11) is 0. The Morgan fingerprint density at radius 3 is 2.79 bits per heavy atom. The maximum atomic E-state index is 12.9. The SMILES string of the molecule is FC(F)(F)c1nc(-c2ccco2)sc1CNC1CC1. The van der Waals surface area contributed by atoms with Crippen molar-refractivity contribution in [3.05, 3.63) is 29.0 Å². The summed E-state index contributed by atoms with van der Waals surface area (Å²) in [6.45, 7) is 0.206. The van der Waals surface area contributed by atoms with Crippen molar-refractivity contribution in [2.75, 3.05) is 0 Å². The van der Waals surface area contributed by atoms with E-state index in [1.165, 1.54) is 6.26 Å². The maximum absolute atomic E-state index is 12.9. The third-order valence-corrected chi connectivity index (χ3v) is 3.90. The van der Waals surface area contributed by atoms with Gasteiger partial charge in [0.2, 0.25) is 0 Å². The molecule has 1 aliphatic rings. The molecular weight excluding hydrogens is 277 g/mol. The van der Waals surface area contributed by atoms with Crippen LogP contribution in [0.1, 0.15) is 23.4 Å². The molecule has 3 rings (SSSR count). The van der Waals surface area contributed by atoms with Crippen molar-refractivity contribution in [3.8, 4) is 10.8 Å². The van der Waals surface area contributed by atoms with E-state index in [0.717, 1.165) is 24.2 Å². The lowest BCUT2D eigenvalue weighted by atomic mass is 10.3. The van der Waals surface area contributed by atoms with Gasteiger partial charge in [-0.15, -0.1) is 11.3 Å². The highest BCUT2D eigenvalue weighted by atomic mass is 32.1. The van der Waals surface area contributed by atoms with Crippen LogP contribution in [0.25, 0.3) is 10.8 Å². The molecule has 2 aromatic heterocycles. The van der Waals surface area contributed by atoms with Crippen LogP contribution < -0.4 is 5.32 Å². The van der Waals surface area contributed by atoms with Crippen molar-refractivity contribution in [1.29, 1.82) is 0 Å². The molecule has 0 radical (unpaired) electrons. The second kappa shape index (κ2) is 4.64. The van der Waals surface area contributed by atoms with Crippen molar-refractivity contribution in [1.82, 2.24) is 10.3 Å². The normalized spacial score (nSPS) is 15.9. The third kappa shape index (κ3) is 2.82. The maximum Gasteiger partial charge on any atom is 0.434 e. The quantitative estimate of drug-likeness (QED) is 0.932. The predicted molar refractivity (Wildman–Crippen MR) is 64.7 cm³/mol. The highest BCUT2D eigenvalue weighted by Gasteiger charge is 2.38. The molecule has 3 nitrogen and oxygen atoms in total. The van der Waals surface area contributed by atoms with Gasteiger partial charge in [-0.3, -0.25) is 0 Å². The summed E-state index contributed by atoms with van der Waals surface area (Å²) in [5.74, 6) is 0.369. The highest BCUT2D eigenvalue weighted by Crippen LogP contribution is 2.38. The molecule has 1 saturated carbocycles. The van der Waals surface area contributed by atoms with Crippen molar-refractivity contribution in [3.63, 3.8) is 0 Å². The first-order valence-corrected chi connectivity index (χ1v) is 6.70. The molecule has 1 N–H and O–H groups in total. The molecule has 0 aromatic carbocycles. The average Bonchev–Trinajstić information content (AvgIpc) is 2.87. The van der Waals surface area contributed by atoms with Crippen LogP contribution in [-0.4, -0.2) is 11.0 Å². The second-order valence-electron chi connectivity index (χ2n) is 4.42. The van der Waals surface area contributed by atoms with Crippen molar-refractivity contribution in [2.24, 2.45) is 0 Å². The van der Waals surface area contributed by atoms with E-state index in [9.17, 15) is 13.2 Å². The summed E-state index contributed by atoms with van der Waals surface area (Å²) in [4.78, 5) is 3.90. The molecule has 0 bridgehead atoms. The summed E-state index contributed by atoms with van der Waals surface area (Å²) >= 11 is 1.03. The molecule has 0 atom stereocenters.